The van der Waals surface area contributed by atoms with Crippen LogP contribution in [0.25, 0.3) is 11.5 Å². The molecule has 0 unspecified atom stereocenters. The molecule has 98 valence electrons. The first-order valence-corrected chi connectivity index (χ1v) is 5.97. The first-order valence-electron chi connectivity index (χ1n) is 5.97. The van der Waals surface area contributed by atoms with Gasteiger partial charge in [0.15, 0.2) is 0 Å². The summed E-state index contributed by atoms with van der Waals surface area (Å²) in [6.07, 6.45) is 6.89. The molecular formula is C11H12N6O2. The van der Waals surface area contributed by atoms with Gasteiger partial charge in [0.25, 0.3) is 0 Å². The lowest BCUT2D eigenvalue weighted by Crippen LogP contribution is -2.42. The van der Waals surface area contributed by atoms with Crippen molar-refractivity contribution < 1.29 is 9.90 Å². The van der Waals surface area contributed by atoms with Crippen LogP contribution < -0.4 is 0 Å². The van der Waals surface area contributed by atoms with Crippen molar-refractivity contribution in [2.75, 3.05) is 0 Å². The molecule has 1 fully saturated rings. The summed E-state index contributed by atoms with van der Waals surface area (Å²) >= 11 is 0. The van der Waals surface area contributed by atoms with Gasteiger partial charge in [-0.1, -0.05) is 6.42 Å². The lowest BCUT2D eigenvalue weighted by Gasteiger charge is -2.37. The van der Waals surface area contributed by atoms with Gasteiger partial charge in [0, 0.05) is 12.4 Å². The lowest BCUT2D eigenvalue weighted by atomic mass is 9.69. The van der Waals surface area contributed by atoms with E-state index in [0.717, 1.165) is 6.42 Å². The Balaban J connectivity index is 1.91. The molecule has 0 aliphatic heterocycles. The molecule has 0 aromatic carbocycles. The van der Waals surface area contributed by atoms with Gasteiger partial charge in [0.2, 0.25) is 5.82 Å². The average molecular weight is 260 g/mol. The maximum absolute atomic E-state index is 11.4. The van der Waals surface area contributed by atoms with Gasteiger partial charge in [-0.15, -0.1) is 5.10 Å². The zero-order valence-electron chi connectivity index (χ0n) is 10.1. The number of aromatic nitrogens is 6. The predicted octanol–water partition coefficient (Wildman–Crippen LogP) is 0.385. The molecule has 1 saturated carbocycles. The summed E-state index contributed by atoms with van der Waals surface area (Å²) in [7, 11) is 0. The molecule has 0 amide bonds. The van der Waals surface area contributed by atoms with E-state index in [2.05, 4.69) is 25.5 Å². The average Bonchev–Trinajstić information content (AvgIpc) is 2.82. The number of nitrogens with zero attached hydrogens (tertiary/aromatic N) is 6. The van der Waals surface area contributed by atoms with Crippen LogP contribution in [0.5, 0.6) is 0 Å². The molecule has 0 radical (unpaired) electrons. The maximum Gasteiger partial charge on any atom is 0.311 e. The van der Waals surface area contributed by atoms with E-state index in [4.69, 9.17) is 0 Å². The zero-order valence-corrected chi connectivity index (χ0v) is 10.1. The molecule has 2 aromatic heterocycles. The van der Waals surface area contributed by atoms with Crippen molar-refractivity contribution >= 4 is 5.97 Å². The van der Waals surface area contributed by atoms with Gasteiger partial charge >= 0.3 is 5.97 Å². The van der Waals surface area contributed by atoms with Crippen LogP contribution in [-0.2, 0) is 11.3 Å². The number of tetrazole rings is 1. The molecule has 1 N–H and O–H groups in total. The number of carboxylic acids is 1. The van der Waals surface area contributed by atoms with Crippen LogP contribution in [0.15, 0.2) is 18.6 Å². The number of rotatable bonds is 4. The van der Waals surface area contributed by atoms with Crippen molar-refractivity contribution in [2.45, 2.75) is 25.8 Å². The summed E-state index contributed by atoms with van der Waals surface area (Å²) in [6.45, 7) is 0.265. The van der Waals surface area contributed by atoms with Crippen molar-refractivity contribution in [1.82, 2.24) is 30.2 Å². The highest BCUT2D eigenvalue weighted by Crippen LogP contribution is 2.42. The van der Waals surface area contributed by atoms with Crippen LogP contribution >= 0.6 is 0 Å². The summed E-state index contributed by atoms with van der Waals surface area (Å²) in [5.41, 5.74) is -0.209. The monoisotopic (exact) mass is 260 g/mol. The smallest absolute Gasteiger partial charge is 0.311 e. The number of aliphatic carboxylic acids is 1. The predicted molar refractivity (Wildman–Crippen MR) is 62.8 cm³/mol. The van der Waals surface area contributed by atoms with E-state index in [-0.39, 0.29) is 6.54 Å². The fourth-order valence-electron chi connectivity index (χ4n) is 2.24. The Morgan fingerprint density at radius 3 is 2.84 bits per heavy atom. The maximum atomic E-state index is 11.4. The third-order valence-electron chi connectivity index (χ3n) is 3.54. The second-order valence-corrected chi connectivity index (χ2v) is 4.69. The molecule has 19 heavy (non-hydrogen) atoms. The van der Waals surface area contributed by atoms with Crippen molar-refractivity contribution in [2.24, 2.45) is 5.41 Å². The summed E-state index contributed by atoms with van der Waals surface area (Å²) in [4.78, 5) is 19.5. The SMILES string of the molecule is O=C(O)C1(Cn2nnnc2-c2cnccn2)CCC1. The summed E-state index contributed by atoms with van der Waals surface area (Å²) < 4.78 is 1.50. The Morgan fingerprint density at radius 1 is 1.42 bits per heavy atom. The first kappa shape index (κ1) is 11.7. The van der Waals surface area contributed by atoms with E-state index in [1.165, 1.54) is 4.68 Å². The molecule has 8 heteroatoms. The Morgan fingerprint density at radius 2 is 2.26 bits per heavy atom. The third-order valence-corrected chi connectivity index (χ3v) is 3.54. The van der Waals surface area contributed by atoms with Crippen molar-refractivity contribution in [1.29, 1.82) is 0 Å². The second-order valence-electron chi connectivity index (χ2n) is 4.69. The minimum atomic E-state index is -0.792. The van der Waals surface area contributed by atoms with Gasteiger partial charge in [-0.05, 0) is 23.3 Å². The molecule has 8 nitrogen and oxygen atoms in total. The van der Waals surface area contributed by atoms with Crippen LogP contribution in [-0.4, -0.2) is 41.3 Å². The van der Waals surface area contributed by atoms with Gasteiger partial charge in [-0.3, -0.25) is 9.78 Å². The second kappa shape index (κ2) is 4.38. The van der Waals surface area contributed by atoms with E-state index in [1.807, 2.05) is 0 Å². The van der Waals surface area contributed by atoms with Crippen LogP contribution in [0.2, 0.25) is 0 Å². The quantitative estimate of drug-likeness (QED) is 0.846. The van der Waals surface area contributed by atoms with E-state index in [9.17, 15) is 9.90 Å². The largest absolute Gasteiger partial charge is 0.481 e. The molecule has 0 spiro atoms. The summed E-state index contributed by atoms with van der Waals surface area (Å²) in [6, 6.07) is 0. The van der Waals surface area contributed by atoms with E-state index < -0.39 is 11.4 Å². The molecule has 1 aliphatic carbocycles. The highest BCUT2D eigenvalue weighted by atomic mass is 16.4. The van der Waals surface area contributed by atoms with Crippen LogP contribution in [0, 0.1) is 5.41 Å². The summed E-state index contributed by atoms with van der Waals surface area (Å²) in [5.74, 6) is -0.347. The van der Waals surface area contributed by atoms with E-state index in [0.29, 0.717) is 24.4 Å². The zero-order chi connectivity index (χ0) is 13.3. The molecule has 0 saturated heterocycles. The summed E-state index contributed by atoms with van der Waals surface area (Å²) in [5, 5.41) is 20.7. The molecule has 0 atom stereocenters. The number of carboxylic acid groups (broad SMARTS) is 1. The minimum absolute atomic E-state index is 0.265. The highest BCUT2D eigenvalue weighted by Gasteiger charge is 2.45. The third kappa shape index (κ3) is 1.94. The number of hydrogen-bond donors (Lipinski definition) is 1. The highest BCUT2D eigenvalue weighted by molar-refractivity contribution is 5.75. The molecule has 2 heterocycles. The standard InChI is InChI=1S/C11H12N6O2/c18-10(19)11(2-1-3-11)7-17-9(14-15-16-17)8-6-12-4-5-13-8/h4-6H,1-3,7H2,(H,18,19). The fourth-order valence-corrected chi connectivity index (χ4v) is 2.24. The van der Waals surface area contributed by atoms with E-state index in [1.54, 1.807) is 18.6 Å². The first-order chi connectivity index (χ1) is 9.21. The number of carbonyl (C=O) groups is 1. The number of hydrogen-bond acceptors (Lipinski definition) is 6. The van der Waals surface area contributed by atoms with Crippen molar-refractivity contribution in [3.8, 4) is 11.5 Å². The topological polar surface area (TPSA) is 107 Å². The van der Waals surface area contributed by atoms with Gasteiger partial charge in [0.1, 0.15) is 5.69 Å². The van der Waals surface area contributed by atoms with Gasteiger partial charge in [-0.25, -0.2) is 9.67 Å². The normalized spacial score (nSPS) is 16.8. The molecule has 0 bridgehead atoms. The lowest BCUT2D eigenvalue weighted by molar-refractivity contribution is -0.156. The Hall–Kier alpha value is -2.38. The molecular weight excluding hydrogens is 248 g/mol. The molecule has 3 rings (SSSR count). The van der Waals surface area contributed by atoms with E-state index >= 15 is 0 Å². The van der Waals surface area contributed by atoms with Crippen LogP contribution in [0.4, 0.5) is 0 Å². The van der Waals surface area contributed by atoms with Crippen LogP contribution in [0.3, 0.4) is 0 Å². The Labute approximate surface area is 108 Å². The van der Waals surface area contributed by atoms with Gasteiger partial charge in [-0.2, -0.15) is 0 Å². The van der Waals surface area contributed by atoms with Crippen LogP contribution in [0.1, 0.15) is 19.3 Å². The fraction of sp³-hybridized carbons (Fsp3) is 0.455. The Bertz CT molecular complexity index is 592. The minimum Gasteiger partial charge on any atom is -0.481 e. The Kier molecular flexibility index (Phi) is 2.69. The van der Waals surface area contributed by atoms with Gasteiger partial charge < -0.3 is 5.11 Å². The molecule has 2 aromatic rings. The van der Waals surface area contributed by atoms with Crippen molar-refractivity contribution in [3.63, 3.8) is 0 Å². The van der Waals surface area contributed by atoms with Crippen molar-refractivity contribution in [3.05, 3.63) is 18.6 Å². The van der Waals surface area contributed by atoms with Gasteiger partial charge in [0.05, 0.1) is 18.2 Å². The molecule has 1 aliphatic rings.